The van der Waals surface area contributed by atoms with Crippen molar-refractivity contribution in [1.82, 2.24) is 10.2 Å². The molecule has 0 saturated carbocycles. The molecule has 0 saturated heterocycles. The second-order valence-electron chi connectivity index (χ2n) is 4.04. The summed E-state index contributed by atoms with van der Waals surface area (Å²) in [5, 5.41) is 8.47. The van der Waals surface area contributed by atoms with Gasteiger partial charge < -0.3 is 10.1 Å². The molecule has 1 heterocycles. The molecule has 2 N–H and O–H groups in total. The van der Waals surface area contributed by atoms with E-state index >= 15 is 0 Å². The average Bonchev–Trinajstić information content (AvgIpc) is 2.89. The number of hydrogen-bond donors (Lipinski definition) is 2. The summed E-state index contributed by atoms with van der Waals surface area (Å²) in [7, 11) is 1.20. The standard InChI is InChI=1S/C13H12FN3O3/c1-7-4-3-5-8(10(7)14)12(18)16-9-6-15-17-11(9)13(19)20-2/h3-6H,1-2H3,(H,15,17)(H,16,18). The van der Waals surface area contributed by atoms with Crippen LogP contribution < -0.4 is 5.32 Å². The van der Waals surface area contributed by atoms with Crippen LogP contribution in [0, 0.1) is 12.7 Å². The van der Waals surface area contributed by atoms with Gasteiger partial charge in [-0.1, -0.05) is 12.1 Å². The number of nitrogens with one attached hydrogen (secondary N) is 2. The molecule has 20 heavy (non-hydrogen) atoms. The number of nitrogens with zero attached hydrogens (tertiary/aromatic N) is 1. The Hall–Kier alpha value is -2.70. The number of aromatic nitrogens is 2. The average molecular weight is 277 g/mol. The number of hydrogen-bond acceptors (Lipinski definition) is 4. The molecule has 1 amide bonds. The summed E-state index contributed by atoms with van der Waals surface area (Å²) in [4.78, 5) is 23.4. The number of aryl methyl sites for hydroxylation is 1. The number of anilines is 1. The van der Waals surface area contributed by atoms with Crippen molar-refractivity contribution in [3.63, 3.8) is 0 Å². The SMILES string of the molecule is COC(=O)c1[nH]ncc1NC(=O)c1cccc(C)c1F. The minimum absolute atomic E-state index is 0.00564. The third-order valence-electron chi connectivity index (χ3n) is 2.71. The zero-order valence-corrected chi connectivity index (χ0v) is 10.9. The molecule has 0 aliphatic carbocycles. The first-order valence-electron chi connectivity index (χ1n) is 5.72. The van der Waals surface area contributed by atoms with Crippen LogP contribution in [0.2, 0.25) is 0 Å². The Morgan fingerprint density at radius 1 is 1.40 bits per heavy atom. The highest BCUT2D eigenvalue weighted by atomic mass is 19.1. The van der Waals surface area contributed by atoms with E-state index in [0.717, 1.165) is 0 Å². The third kappa shape index (κ3) is 2.51. The summed E-state index contributed by atoms with van der Waals surface area (Å²) in [6.45, 7) is 1.56. The van der Waals surface area contributed by atoms with Crippen LogP contribution in [0.1, 0.15) is 26.4 Å². The van der Waals surface area contributed by atoms with E-state index < -0.39 is 17.7 Å². The molecule has 0 aliphatic rings. The summed E-state index contributed by atoms with van der Waals surface area (Å²) in [6.07, 6.45) is 1.25. The second-order valence-corrected chi connectivity index (χ2v) is 4.04. The lowest BCUT2D eigenvalue weighted by molar-refractivity contribution is 0.0595. The Labute approximate surface area is 113 Å². The van der Waals surface area contributed by atoms with E-state index in [1.54, 1.807) is 19.1 Å². The molecule has 1 aromatic carbocycles. The topological polar surface area (TPSA) is 84.1 Å². The van der Waals surface area contributed by atoms with Gasteiger partial charge >= 0.3 is 5.97 Å². The quantitative estimate of drug-likeness (QED) is 0.839. The van der Waals surface area contributed by atoms with Crippen LogP contribution in [0.5, 0.6) is 0 Å². The molecular weight excluding hydrogens is 265 g/mol. The molecule has 2 rings (SSSR count). The Morgan fingerprint density at radius 2 is 2.15 bits per heavy atom. The Kier molecular flexibility index (Phi) is 3.79. The van der Waals surface area contributed by atoms with Crippen LogP contribution in [0.4, 0.5) is 10.1 Å². The fraction of sp³-hybridized carbons (Fsp3) is 0.154. The highest BCUT2D eigenvalue weighted by Gasteiger charge is 2.19. The van der Waals surface area contributed by atoms with Gasteiger partial charge in [-0.05, 0) is 18.6 Å². The molecular formula is C13H12FN3O3. The Morgan fingerprint density at radius 3 is 2.85 bits per heavy atom. The first-order valence-corrected chi connectivity index (χ1v) is 5.72. The van der Waals surface area contributed by atoms with Crippen LogP contribution in [-0.4, -0.2) is 29.2 Å². The van der Waals surface area contributed by atoms with Crippen molar-refractivity contribution in [3.05, 3.63) is 47.0 Å². The largest absolute Gasteiger partial charge is 0.464 e. The lowest BCUT2D eigenvalue weighted by atomic mass is 10.1. The monoisotopic (exact) mass is 277 g/mol. The fourth-order valence-electron chi connectivity index (χ4n) is 1.65. The second kappa shape index (κ2) is 5.52. The number of H-pyrrole nitrogens is 1. The highest BCUT2D eigenvalue weighted by molar-refractivity contribution is 6.07. The van der Waals surface area contributed by atoms with E-state index in [1.807, 2.05) is 0 Å². The number of amides is 1. The molecule has 0 bridgehead atoms. The predicted octanol–water partition coefficient (Wildman–Crippen LogP) is 1.90. The van der Waals surface area contributed by atoms with Gasteiger partial charge in [0, 0.05) is 0 Å². The molecule has 0 fully saturated rings. The van der Waals surface area contributed by atoms with E-state index in [9.17, 15) is 14.0 Å². The molecule has 0 spiro atoms. The maximum atomic E-state index is 13.8. The van der Waals surface area contributed by atoms with Gasteiger partial charge in [0.15, 0.2) is 5.69 Å². The molecule has 2 aromatic rings. The van der Waals surface area contributed by atoms with Gasteiger partial charge in [0.05, 0.1) is 24.6 Å². The first-order chi connectivity index (χ1) is 9.54. The minimum atomic E-state index is -0.678. The van der Waals surface area contributed by atoms with E-state index in [4.69, 9.17) is 0 Å². The number of rotatable bonds is 3. The van der Waals surface area contributed by atoms with Crippen LogP contribution in [0.15, 0.2) is 24.4 Å². The number of benzene rings is 1. The van der Waals surface area contributed by atoms with Crippen molar-refractivity contribution in [3.8, 4) is 0 Å². The molecule has 104 valence electrons. The maximum absolute atomic E-state index is 13.8. The number of esters is 1. The molecule has 0 radical (unpaired) electrons. The summed E-state index contributed by atoms with van der Waals surface area (Å²) >= 11 is 0. The van der Waals surface area contributed by atoms with Crippen molar-refractivity contribution >= 4 is 17.6 Å². The van der Waals surface area contributed by atoms with E-state index in [1.165, 1.54) is 19.4 Å². The van der Waals surface area contributed by atoms with E-state index in [0.29, 0.717) is 5.56 Å². The van der Waals surface area contributed by atoms with Gasteiger partial charge in [-0.3, -0.25) is 9.89 Å². The van der Waals surface area contributed by atoms with Crippen LogP contribution in [-0.2, 0) is 4.74 Å². The Bertz CT molecular complexity index is 667. The Balaban J connectivity index is 2.27. The van der Waals surface area contributed by atoms with Gasteiger partial charge in [-0.25, -0.2) is 9.18 Å². The number of carbonyl (C=O) groups excluding carboxylic acids is 2. The van der Waals surface area contributed by atoms with Crippen LogP contribution >= 0.6 is 0 Å². The van der Waals surface area contributed by atoms with Crippen molar-refractivity contribution < 1.29 is 18.7 Å². The van der Waals surface area contributed by atoms with Crippen LogP contribution in [0.3, 0.4) is 0 Å². The smallest absolute Gasteiger partial charge is 0.358 e. The van der Waals surface area contributed by atoms with Crippen LogP contribution in [0.25, 0.3) is 0 Å². The first kappa shape index (κ1) is 13.7. The van der Waals surface area contributed by atoms with Crippen molar-refractivity contribution in [2.24, 2.45) is 0 Å². The number of halogens is 1. The van der Waals surface area contributed by atoms with Gasteiger partial charge in [0.25, 0.3) is 5.91 Å². The normalized spacial score (nSPS) is 10.2. The van der Waals surface area contributed by atoms with Crippen molar-refractivity contribution in [2.75, 3.05) is 12.4 Å². The summed E-state index contributed by atoms with van der Waals surface area (Å²) in [5.41, 5.74) is 0.372. The molecule has 6 nitrogen and oxygen atoms in total. The predicted molar refractivity (Wildman–Crippen MR) is 69.0 cm³/mol. The fourth-order valence-corrected chi connectivity index (χ4v) is 1.65. The lowest BCUT2D eigenvalue weighted by Gasteiger charge is -2.07. The summed E-state index contributed by atoms with van der Waals surface area (Å²) < 4.78 is 18.4. The van der Waals surface area contributed by atoms with Gasteiger partial charge in [0.2, 0.25) is 0 Å². The minimum Gasteiger partial charge on any atom is -0.464 e. The highest BCUT2D eigenvalue weighted by Crippen LogP contribution is 2.17. The van der Waals surface area contributed by atoms with E-state index in [2.05, 4.69) is 20.3 Å². The number of aromatic amines is 1. The maximum Gasteiger partial charge on any atom is 0.358 e. The van der Waals surface area contributed by atoms with Crippen molar-refractivity contribution in [1.29, 1.82) is 0 Å². The zero-order valence-electron chi connectivity index (χ0n) is 10.9. The molecule has 0 atom stereocenters. The molecule has 0 aliphatic heterocycles. The van der Waals surface area contributed by atoms with Crippen molar-refractivity contribution in [2.45, 2.75) is 6.92 Å². The number of ether oxygens (including phenoxy) is 1. The third-order valence-corrected chi connectivity index (χ3v) is 2.71. The number of carbonyl (C=O) groups is 2. The van der Waals surface area contributed by atoms with Gasteiger partial charge in [0.1, 0.15) is 5.82 Å². The summed E-state index contributed by atoms with van der Waals surface area (Å²) in [5.74, 6) is -1.95. The number of methoxy groups -OCH3 is 1. The van der Waals surface area contributed by atoms with Gasteiger partial charge in [-0.2, -0.15) is 5.10 Å². The molecule has 0 unspecified atom stereocenters. The lowest BCUT2D eigenvalue weighted by Crippen LogP contribution is -2.16. The molecule has 7 heteroatoms. The molecule has 1 aromatic heterocycles. The van der Waals surface area contributed by atoms with Gasteiger partial charge in [-0.15, -0.1) is 0 Å². The zero-order chi connectivity index (χ0) is 14.7. The summed E-state index contributed by atoms with van der Waals surface area (Å²) in [6, 6.07) is 4.49. The van der Waals surface area contributed by atoms with E-state index in [-0.39, 0.29) is 16.9 Å².